The van der Waals surface area contributed by atoms with Crippen LogP contribution in [0.25, 0.3) is 0 Å². The van der Waals surface area contributed by atoms with E-state index in [4.69, 9.17) is 10.5 Å². The molecule has 0 aliphatic carbocycles. The fourth-order valence-corrected chi connectivity index (χ4v) is 3.15. The summed E-state index contributed by atoms with van der Waals surface area (Å²) in [5.74, 6) is 0.696. The first kappa shape index (κ1) is 16.8. The predicted octanol–water partition coefficient (Wildman–Crippen LogP) is 1.36. The summed E-state index contributed by atoms with van der Waals surface area (Å²) >= 11 is 0. The van der Waals surface area contributed by atoms with Gasteiger partial charge < -0.3 is 20.3 Å². The van der Waals surface area contributed by atoms with Crippen LogP contribution in [0, 0.1) is 0 Å². The van der Waals surface area contributed by atoms with Gasteiger partial charge >= 0.3 is 0 Å². The van der Waals surface area contributed by atoms with Crippen molar-refractivity contribution in [1.29, 1.82) is 0 Å². The maximum Gasteiger partial charge on any atom is 0.210 e. The van der Waals surface area contributed by atoms with Gasteiger partial charge in [-0.25, -0.2) is 4.99 Å². The van der Waals surface area contributed by atoms with Gasteiger partial charge in [-0.1, -0.05) is 12.1 Å². The van der Waals surface area contributed by atoms with E-state index in [0.29, 0.717) is 0 Å². The SMILES string of the molecule is COc1cccc(C2(N)N=CC=C(NCCCN3CCCC3)N2)c1. The lowest BCUT2D eigenvalue weighted by Gasteiger charge is -2.32. The molecule has 2 aliphatic rings. The van der Waals surface area contributed by atoms with Crippen LogP contribution >= 0.6 is 0 Å². The molecule has 3 rings (SSSR count). The average molecular weight is 329 g/mol. The highest BCUT2D eigenvalue weighted by molar-refractivity contribution is 5.73. The Morgan fingerprint density at radius 1 is 1.38 bits per heavy atom. The molecule has 1 saturated heterocycles. The van der Waals surface area contributed by atoms with Crippen LogP contribution < -0.4 is 21.1 Å². The zero-order chi connectivity index (χ0) is 16.8. The number of allylic oxidation sites excluding steroid dienone is 1. The summed E-state index contributed by atoms with van der Waals surface area (Å²) in [6.45, 7) is 4.56. The molecular formula is C18H27N5O. The van der Waals surface area contributed by atoms with Gasteiger partial charge in [0.25, 0.3) is 0 Å². The molecule has 0 aromatic heterocycles. The van der Waals surface area contributed by atoms with Crippen molar-refractivity contribution in [3.63, 3.8) is 0 Å². The van der Waals surface area contributed by atoms with Gasteiger partial charge in [0.2, 0.25) is 5.79 Å². The highest BCUT2D eigenvalue weighted by atomic mass is 16.5. The molecular weight excluding hydrogens is 302 g/mol. The Balaban J connectivity index is 1.53. The Morgan fingerprint density at radius 3 is 3.00 bits per heavy atom. The van der Waals surface area contributed by atoms with Gasteiger partial charge in [0.15, 0.2) is 0 Å². The van der Waals surface area contributed by atoms with Crippen LogP contribution in [0.15, 0.2) is 41.2 Å². The Bertz CT molecular complexity index is 609. The van der Waals surface area contributed by atoms with Gasteiger partial charge in [0.05, 0.1) is 7.11 Å². The first-order valence-corrected chi connectivity index (χ1v) is 8.63. The molecule has 2 aliphatic heterocycles. The molecule has 6 nitrogen and oxygen atoms in total. The van der Waals surface area contributed by atoms with Crippen molar-refractivity contribution >= 4 is 6.21 Å². The van der Waals surface area contributed by atoms with Gasteiger partial charge in [-0.2, -0.15) is 0 Å². The number of methoxy groups -OCH3 is 1. The minimum Gasteiger partial charge on any atom is -0.497 e. The first-order chi connectivity index (χ1) is 11.7. The summed E-state index contributed by atoms with van der Waals surface area (Å²) in [7, 11) is 1.65. The Morgan fingerprint density at radius 2 is 2.21 bits per heavy atom. The van der Waals surface area contributed by atoms with Crippen LogP contribution in [0.4, 0.5) is 0 Å². The lowest BCUT2D eigenvalue weighted by atomic mass is 10.1. The molecule has 0 amide bonds. The molecule has 4 N–H and O–H groups in total. The maximum absolute atomic E-state index is 6.44. The molecule has 1 aromatic rings. The molecule has 0 saturated carbocycles. The van der Waals surface area contributed by atoms with Crippen molar-refractivity contribution in [1.82, 2.24) is 15.5 Å². The van der Waals surface area contributed by atoms with E-state index in [1.165, 1.54) is 25.9 Å². The summed E-state index contributed by atoms with van der Waals surface area (Å²) in [6, 6.07) is 7.66. The Labute approximate surface area is 143 Å². The van der Waals surface area contributed by atoms with Crippen LogP contribution in [0.2, 0.25) is 0 Å². The van der Waals surface area contributed by atoms with Gasteiger partial charge in [0, 0.05) is 18.3 Å². The molecule has 1 aromatic carbocycles. The second-order valence-corrected chi connectivity index (χ2v) is 6.31. The highest BCUT2D eigenvalue weighted by Crippen LogP contribution is 2.23. The van der Waals surface area contributed by atoms with Crippen molar-refractivity contribution in [3.8, 4) is 5.75 Å². The molecule has 130 valence electrons. The van der Waals surface area contributed by atoms with Crippen LogP contribution in [0.1, 0.15) is 24.8 Å². The van der Waals surface area contributed by atoms with E-state index in [9.17, 15) is 0 Å². The molecule has 6 heteroatoms. The van der Waals surface area contributed by atoms with Crippen LogP contribution in [-0.2, 0) is 5.79 Å². The number of likely N-dealkylation sites (tertiary alicyclic amines) is 1. The van der Waals surface area contributed by atoms with E-state index < -0.39 is 5.79 Å². The fourth-order valence-electron chi connectivity index (χ4n) is 3.15. The number of hydrogen-bond acceptors (Lipinski definition) is 6. The third-order valence-electron chi connectivity index (χ3n) is 4.52. The topological polar surface area (TPSA) is 74.9 Å². The second-order valence-electron chi connectivity index (χ2n) is 6.31. The van der Waals surface area contributed by atoms with Crippen LogP contribution in [0.3, 0.4) is 0 Å². The summed E-state index contributed by atoms with van der Waals surface area (Å²) in [6.07, 6.45) is 7.46. The summed E-state index contributed by atoms with van der Waals surface area (Å²) < 4.78 is 5.28. The van der Waals surface area contributed by atoms with E-state index >= 15 is 0 Å². The van der Waals surface area contributed by atoms with E-state index in [-0.39, 0.29) is 0 Å². The lowest BCUT2D eigenvalue weighted by molar-refractivity contribution is 0.329. The van der Waals surface area contributed by atoms with E-state index in [0.717, 1.165) is 36.6 Å². The van der Waals surface area contributed by atoms with Gasteiger partial charge in [-0.3, -0.25) is 5.73 Å². The number of rotatable bonds is 7. The van der Waals surface area contributed by atoms with Crippen LogP contribution in [-0.4, -0.2) is 44.4 Å². The summed E-state index contributed by atoms with van der Waals surface area (Å²) in [5.41, 5.74) is 7.31. The number of aliphatic imine (C=N–C) groups is 1. The monoisotopic (exact) mass is 329 g/mol. The predicted molar refractivity (Wildman–Crippen MR) is 96.9 cm³/mol. The number of benzene rings is 1. The van der Waals surface area contributed by atoms with Crippen molar-refractivity contribution in [2.75, 3.05) is 33.3 Å². The molecule has 1 fully saturated rings. The molecule has 0 radical (unpaired) electrons. The average Bonchev–Trinajstić information content (AvgIpc) is 3.12. The molecule has 1 atom stereocenters. The third kappa shape index (κ3) is 4.07. The Hall–Kier alpha value is -2.05. The fraction of sp³-hybridized carbons (Fsp3) is 0.500. The quantitative estimate of drug-likeness (QED) is 0.659. The molecule has 0 spiro atoms. The highest BCUT2D eigenvalue weighted by Gasteiger charge is 2.28. The zero-order valence-electron chi connectivity index (χ0n) is 14.3. The summed E-state index contributed by atoms with van der Waals surface area (Å²) in [5, 5.41) is 6.71. The van der Waals surface area contributed by atoms with E-state index in [1.54, 1.807) is 13.3 Å². The molecule has 0 bridgehead atoms. The normalized spacial score (nSPS) is 23.7. The van der Waals surface area contributed by atoms with Gasteiger partial charge in [0.1, 0.15) is 11.6 Å². The van der Waals surface area contributed by atoms with E-state index in [2.05, 4.69) is 20.5 Å². The Kier molecular flexibility index (Phi) is 5.37. The van der Waals surface area contributed by atoms with Crippen molar-refractivity contribution < 1.29 is 4.74 Å². The van der Waals surface area contributed by atoms with Crippen molar-refractivity contribution in [3.05, 3.63) is 41.7 Å². The van der Waals surface area contributed by atoms with Gasteiger partial charge in [-0.05, 0) is 57.1 Å². The van der Waals surface area contributed by atoms with E-state index in [1.807, 2.05) is 30.3 Å². The summed E-state index contributed by atoms with van der Waals surface area (Å²) in [4.78, 5) is 6.93. The van der Waals surface area contributed by atoms with Gasteiger partial charge in [-0.15, -0.1) is 0 Å². The first-order valence-electron chi connectivity index (χ1n) is 8.63. The number of nitrogens with one attached hydrogen (secondary N) is 2. The largest absolute Gasteiger partial charge is 0.497 e. The van der Waals surface area contributed by atoms with Crippen LogP contribution in [0.5, 0.6) is 5.75 Å². The minimum absolute atomic E-state index is 0.768. The number of nitrogens with two attached hydrogens (primary N) is 1. The third-order valence-corrected chi connectivity index (χ3v) is 4.52. The smallest absolute Gasteiger partial charge is 0.210 e. The standard InChI is InChI=1S/C18H27N5O/c1-24-16-7-4-6-15(14-16)18(19)21-10-8-17(22-18)20-9-5-13-23-11-2-3-12-23/h4,6-8,10,14,20,22H,2-3,5,9,11-13,19H2,1H3. The number of nitrogens with zero attached hydrogens (tertiary/aromatic N) is 2. The number of hydrogen-bond donors (Lipinski definition) is 3. The second kappa shape index (κ2) is 7.68. The molecule has 1 unspecified atom stereocenters. The van der Waals surface area contributed by atoms with Crippen molar-refractivity contribution in [2.24, 2.45) is 10.7 Å². The zero-order valence-corrected chi connectivity index (χ0v) is 14.3. The molecule has 24 heavy (non-hydrogen) atoms. The lowest BCUT2D eigenvalue weighted by Crippen LogP contribution is -2.52. The minimum atomic E-state index is -0.972. The van der Waals surface area contributed by atoms with Crippen molar-refractivity contribution in [2.45, 2.75) is 25.0 Å². The maximum atomic E-state index is 6.44. The number of ether oxygens (including phenoxy) is 1. The molecule has 2 heterocycles.